The van der Waals surface area contributed by atoms with Crippen molar-refractivity contribution in [3.8, 4) is 5.75 Å². The van der Waals surface area contributed by atoms with Gasteiger partial charge in [0, 0.05) is 6.20 Å². The fraction of sp³-hybridized carbons (Fsp3) is 0.353. The average molecular weight is 285 g/mol. The molecule has 2 rings (SSSR count). The summed E-state index contributed by atoms with van der Waals surface area (Å²) in [5.41, 5.74) is 8.49. The zero-order chi connectivity index (χ0) is 15.4. The molecule has 0 aliphatic carbocycles. The van der Waals surface area contributed by atoms with E-state index in [2.05, 4.69) is 36.4 Å². The Morgan fingerprint density at radius 3 is 2.57 bits per heavy atom. The van der Waals surface area contributed by atoms with Gasteiger partial charge in [-0.2, -0.15) is 0 Å². The third kappa shape index (κ3) is 3.60. The van der Waals surface area contributed by atoms with Gasteiger partial charge in [-0.1, -0.05) is 23.8 Å². The van der Waals surface area contributed by atoms with E-state index in [4.69, 9.17) is 10.6 Å². The van der Waals surface area contributed by atoms with Crippen molar-refractivity contribution in [2.24, 2.45) is 5.84 Å². The van der Waals surface area contributed by atoms with E-state index in [-0.39, 0.29) is 6.04 Å². The minimum absolute atomic E-state index is 0.0405. The number of methoxy groups -OCH3 is 1. The van der Waals surface area contributed by atoms with Gasteiger partial charge in [-0.05, 0) is 49.9 Å². The monoisotopic (exact) mass is 285 g/mol. The number of aromatic nitrogens is 1. The number of nitrogens with two attached hydrogens (primary N) is 1. The summed E-state index contributed by atoms with van der Waals surface area (Å²) >= 11 is 0. The highest BCUT2D eigenvalue weighted by Gasteiger charge is 2.17. The third-order valence-electron chi connectivity index (χ3n) is 3.65. The Morgan fingerprint density at radius 2 is 1.95 bits per heavy atom. The largest absolute Gasteiger partial charge is 0.496 e. The maximum absolute atomic E-state index is 5.76. The van der Waals surface area contributed by atoms with Crippen molar-refractivity contribution in [3.63, 3.8) is 0 Å². The summed E-state index contributed by atoms with van der Waals surface area (Å²) in [7, 11) is 1.69. The third-order valence-corrected chi connectivity index (χ3v) is 3.65. The Balaban J connectivity index is 2.33. The number of nitrogens with zero attached hydrogens (tertiary/aromatic N) is 1. The highest BCUT2D eigenvalue weighted by molar-refractivity contribution is 5.38. The molecule has 2 aromatic rings. The van der Waals surface area contributed by atoms with Crippen LogP contribution in [0.2, 0.25) is 0 Å². The molecule has 1 unspecified atom stereocenters. The van der Waals surface area contributed by atoms with Crippen LogP contribution in [0, 0.1) is 20.8 Å². The highest BCUT2D eigenvalue weighted by Crippen LogP contribution is 2.26. The second-order valence-electron chi connectivity index (χ2n) is 5.45. The molecule has 4 heteroatoms. The van der Waals surface area contributed by atoms with Crippen molar-refractivity contribution in [2.75, 3.05) is 7.11 Å². The lowest BCUT2D eigenvalue weighted by atomic mass is 9.98. The fourth-order valence-corrected chi connectivity index (χ4v) is 2.61. The Hall–Kier alpha value is -1.91. The number of ether oxygens (including phenoxy) is 1. The maximum atomic E-state index is 5.76. The topological polar surface area (TPSA) is 60.2 Å². The van der Waals surface area contributed by atoms with Gasteiger partial charge in [0.2, 0.25) is 0 Å². The second-order valence-corrected chi connectivity index (χ2v) is 5.45. The number of hydrazine groups is 1. The lowest BCUT2D eigenvalue weighted by molar-refractivity contribution is 0.405. The number of pyridine rings is 1. The summed E-state index contributed by atoms with van der Waals surface area (Å²) in [5.74, 6) is 6.64. The molecule has 1 heterocycles. The number of rotatable bonds is 5. The molecular formula is C17H23N3O. The summed E-state index contributed by atoms with van der Waals surface area (Å²) < 4.78 is 5.44. The average Bonchev–Trinajstić information content (AvgIpc) is 2.45. The molecule has 3 N–H and O–H groups in total. The Bertz CT molecular complexity index is 625. The fourth-order valence-electron chi connectivity index (χ4n) is 2.61. The number of nitrogens with one attached hydrogen (secondary N) is 1. The van der Waals surface area contributed by atoms with Crippen LogP contribution in [0.25, 0.3) is 0 Å². The molecule has 21 heavy (non-hydrogen) atoms. The first-order chi connectivity index (χ1) is 10.0. The van der Waals surface area contributed by atoms with Crippen LogP contribution in [-0.2, 0) is 6.42 Å². The van der Waals surface area contributed by atoms with Crippen LogP contribution < -0.4 is 16.0 Å². The molecule has 0 saturated heterocycles. The first-order valence-electron chi connectivity index (χ1n) is 7.08. The lowest BCUT2D eigenvalue weighted by Crippen LogP contribution is -2.31. The Kier molecular flexibility index (Phi) is 4.94. The van der Waals surface area contributed by atoms with E-state index < -0.39 is 0 Å². The molecule has 4 nitrogen and oxygen atoms in total. The molecule has 0 spiro atoms. The predicted molar refractivity (Wildman–Crippen MR) is 85.2 cm³/mol. The van der Waals surface area contributed by atoms with Crippen LogP contribution in [0.3, 0.4) is 0 Å². The van der Waals surface area contributed by atoms with Gasteiger partial charge in [-0.15, -0.1) is 0 Å². The van der Waals surface area contributed by atoms with E-state index in [1.54, 1.807) is 7.11 Å². The lowest BCUT2D eigenvalue weighted by Gasteiger charge is -2.19. The molecule has 0 aliphatic heterocycles. The van der Waals surface area contributed by atoms with Gasteiger partial charge < -0.3 is 4.74 Å². The molecule has 0 amide bonds. The van der Waals surface area contributed by atoms with E-state index in [0.29, 0.717) is 0 Å². The highest BCUT2D eigenvalue weighted by atomic mass is 16.5. The minimum atomic E-state index is -0.0405. The van der Waals surface area contributed by atoms with Gasteiger partial charge in [0.05, 0.1) is 18.8 Å². The zero-order valence-corrected chi connectivity index (χ0v) is 13.1. The standard InChI is InChI=1S/C17H23N3O/c1-11-5-6-16(21-4)14(8-11)9-15(20-18)17-13(3)7-12(2)10-19-17/h5-8,10,15,20H,9,18H2,1-4H3. The molecule has 0 aliphatic rings. The Labute approximate surface area is 126 Å². The summed E-state index contributed by atoms with van der Waals surface area (Å²) in [6.45, 7) is 6.18. The maximum Gasteiger partial charge on any atom is 0.122 e. The van der Waals surface area contributed by atoms with Crippen molar-refractivity contribution in [1.82, 2.24) is 10.4 Å². The van der Waals surface area contributed by atoms with E-state index >= 15 is 0 Å². The SMILES string of the molecule is COc1ccc(C)cc1CC(NN)c1ncc(C)cc1C. The number of hydrogen-bond acceptors (Lipinski definition) is 4. The van der Waals surface area contributed by atoms with Crippen LogP contribution >= 0.6 is 0 Å². The van der Waals surface area contributed by atoms with Crippen molar-refractivity contribution < 1.29 is 4.74 Å². The molecule has 0 radical (unpaired) electrons. The normalized spacial score (nSPS) is 12.2. The van der Waals surface area contributed by atoms with Crippen molar-refractivity contribution in [3.05, 3.63) is 58.4 Å². The number of hydrogen-bond donors (Lipinski definition) is 2. The molecular weight excluding hydrogens is 262 g/mol. The summed E-state index contributed by atoms with van der Waals surface area (Å²) in [6, 6.07) is 8.25. The van der Waals surface area contributed by atoms with Gasteiger partial charge in [-0.3, -0.25) is 16.3 Å². The van der Waals surface area contributed by atoms with Crippen molar-refractivity contribution in [1.29, 1.82) is 0 Å². The van der Waals surface area contributed by atoms with Crippen LogP contribution in [0.1, 0.15) is 34.0 Å². The number of benzene rings is 1. The molecule has 0 bridgehead atoms. The molecule has 1 atom stereocenters. The first kappa shape index (κ1) is 15.5. The van der Waals surface area contributed by atoms with Crippen LogP contribution in [0.5, 0.6) is 5.75 Å². The van der Waals surface area contributed by atoms with Gasteiger partial charge in [0.25, 0.3) is 0 Å². The van der Waals surface area contributed by atoms with Gasteiger partial charge >= 0.3 is 0 Å². The van der Waals surface area contributed by atoms with Gasteiger partial charge in [0.15, 0.2) is 0 Å². The molecule has 0 saturated carbocycles. The number of aryl methyl sites for hydroxylation is 3. The van der Waals surface area contributed by atoms with Crippen LogP contribution in [-0.4, -0.2) is 12.1 Å². The minimum Gasteiger partial charge on any atom is -0.496 e. The summed E-state index contributed by atoms with van der Waals surface area (Å²) in [6.07, 6.45) is 2.61. The smallest absolute Gasteiger partial charge is 0.122 e. The van der Waals surface area contributed by atoms with E-state index in [1.165, 1.54) is 5.56 Å². The van der Waals surface area contributed by atoms with Crippen LogP contribution in [0.15, 0.2) is 30.5 Å². The first-order valence-corrected chi connectivity index (χ1v) is 7.08. The van der Waals surface area contributed by atoms with Gasteiger partial charge in [-0.25, -0.2) is 0 Å². The van der Waals surface area contributed by atoms with E-state index in [9.17, 15) is 0 Å². The van der Waals surface area contributed by atoms with Crippen molar-refractivity contribution in [2.45, 2.75) is 33.2 Å². The summed E-state index contributed by atoms with van der Waals surface area (Å²) in [5, 5.41) is 0. The summed E-state index contributed by atoms with van der Waals surface area (Å²) in [4.78, 5) is 4.54. The zero-order valence-electron chi connectivity index (χ0n) is 13.1. The van der Waals surface area contributed by atoms with E-state index in [1.807, 2.05) is 25.3 Å². The predicted octanol–water partition coefficient (Wildman–Crippen LogP) is 2.76. The van der Waals surface area contributed by atoms with Crippen molar-refractivity contribution >= 4 is 0 Å². The molecule has 1 aromatic carbocycles. The van der Waals surface area contributed by atoms with E-state index in [0.717, 1.165) is 34.6 Å². The molecule has 0 fully saturated rings. The Morgan fingerprint density at radius 1 is 1.19 bits per heavy atom. The second kappa shape index (κ2) is 6.70. The van der Waals surface area contributed by atoms with Gasteiger partial charge in [0.1, 0.15) is 5.75 Å². The molecule has 1 aromatic heterocycles. The van der Waals surface area contributed by atoms with Crippen LogP contribution in [0.4, 0.5) is 0 Å². The quantitative estimate of drug-likeness (QED) is 0.655. The molecule has 112 valence electrons.